The second kappa shape index (κ2) is 8.68. The Morgan fingerprint density at radius 1 is 1.32 bits per heavy atom. The number of carbonyl (C=O) groups is 1. The number of hydrogen-bond donors (Lipinski definition) is 2. The minimum atomic E-state index is -0.179. The second-order valence-electron chi connectivity index (χ2n) is 6.05. The average Bonchev–Trinajstić information content (AvgIpc) is 3.28. The first-order valence-corrected chi connectivity index (χ1v) is 8.58. The Morgan fingerprint density at radius 2 is 2.16 bits per heavy atom. The third kappa shape index (κ3) is 5.07. The van der Waals surface area contributed by atoms with Gasteiger partial charge in [-0.05, 0) is 19.1 Å². The molecule has 1 atom stereocenters. The van der Waals surface area contributed by atoms with Crippen molar-refractivity contribution in [3.05, 3.63) is 42.4 Å². The fraction of sp³-hybridized carbons (Fsp3) is 0.529. The molecule has 1 aliphatic heterocycles. The molecule has 2 aromatic heterocycles. The number of furan rings is 1. The van der Waals surface area contributed by atoms with Crippen LogP contribution in [0.5, 0.6) is 0 Å². The summed E-state index contributed by atoms with van der Waals surface area (Å²) in [6.45, 7) is 6.71. The minimum absolute atomic E-state index is 0.0111. The van der Waals surface area contributed by atoms with Crippen molar-refractivity contribution in [2.75, 3.05) is 39.4 Å². The summed E-state index contributed by atoms with van der Waals surface area (Å²) in [6, 6.07) is 3.76. The van der Waals surface area contributed by atoms with Crippen LogP contribution >= 0.6 is 0 Å². The summed E-state index contributed by atoms with van der Waals surface area (Å²) in [7, 11) is 0. The van der Waals surface area contributed by atoms with E-state index in [1.165, 1.54) is 0 Å². The lowest BCUT2D eigenvalue weighted by Crippen LogP contribution is -2.46. The highest BCUT2D eigenvalue weighted by Crippen LogP contribution is 2.23. The molecule has 0 saturated carbocycles. The Bertz CT molecular complexity index is 649. The monoisotopic (exact) mass is 347 g/mol. The van der Waals surface area contributed by atoms with Gasteiger partial charge in [0.2, 0.25) is 0 Å². The number of morpholine rings is 1. The number of urea groups is 1. The second-order valence-corrected chi connectivity index (χ2v) is 6.05. The Morgan fingerprint density at radius 3 is 2.84 bits per heavy atom. The highest BCUT2D eigenvalue weighted by Gasteiger charge is 2.25. The van der Waals surface area contributed by atoms with Gasteiger partial charge in [0.1, 0.15) is 11.5 Å². The van der Waals surface area contributed by atoms with Crippen molar-refractivity contribution in [3.63, 3.8) is 0 Å². The van der Waals surface area contributed by atoms with Crippen LogP contribution in [0.15, 0.2) is 35.3 Å². The van der Waals surface area contributed by atoms with Crippen LogP contribution in [-0.4, -0.2) is 59.9 Å². The van der Waals surface area contributed by atoms with Crippen molar-refractivity contribution in [2.24, 2.45) is 0 Å². The van der Waals surface area contributed by atoms with Crippen molar-refractivity contribution in [2.45, 2.75) is 19.5 Å². The van der Waals surface area contributed by atoms with Crippen molar-refractivity contribution in [3.8, 4) is 0 Å². The molecule has 2 amide bonds. The number of aryl methyl sites for hydroxylation is 1. The summed E-state index contributed by atoms with van der Waals surface area (Å²) in [4.78, 5) is 18.3. The molecular formula is C17H25N5O3. The molecule has 1 fully saturated rings. The minimum Gasteiger partial charge on any atom is -0.465 e. The van der Waals surface area contributed by atoms with Gasteiger partial charge in [0.15, 0.2) is 0 Å². The molecule has 0 aliphatic carbocycles. The van der Waals surface area contributed by atoms with Crippen LogP contribution in [0.4, 0.5) is 4.79 Å². The van der Waals surface area contributed by atoms with Crippen LogP contribution in [0.2, 0.25) is 0 Å². The van der Waals surface area contributed by atoms with Gasteiger partial charge < -0.3 is 24.4 Å². The molecule has 1 aliphatic rings. The van der Waals surface area contributed by atoms with Crippen LogP contribution in [-0.2, 0) is 11.3 Å². The van der Waals surface area contributed by atoms with Gasteiger partial charge in [0, 0.05) is 45.1 Å². The molecule has 2 aromatic rings. The molecule has 0 radical (unpaired) electrons. The van der Waals surface area contributed by atoms with Crippen LogP contribution < -0.4 is 10.6 Å². The fourth-order valence-corrected chi connectivity index (χ4v) is 2.90. The number of rotatable bonds is 7. The number of amides is 2. The van der Waals surface area contributed by atoms with Gasteiger partial charge in [-0.2, -0.15) is 0 Å². The summed E-state index contributed by atoms with van der Waals surface area (Å²) in [5.41, 5.74) is 0. The standard InChI is InChI=1S/C17H25N5O3/c1-14-2-3-16(25-14)15(22-8-10-24-11-9-22)12-20-17(23)19-5-7-21-6-4-18-13-21/h2-4,6,13,15H,5,7-12H2,1H3,(H2,19,20,23). The van der Waals surface area contributed by atoms with Crippen LogP contribution in [0.1, 0.15) is 17.6 Å². The zero-order valence-corrected chi connectivity index (χ0v) is 14.5. The van der Waals surface area contributed by atoms with Crippen LogP contribution in [0, 0.1) is 6.92 Å². The summed E-state index contributed by atoms with van der Waals surface area (Å²) in [5.74, 6) is 1.75. The summed E-state index contributed by atoms with van der Waals surface area (Å²) in [6.07, 6.45) is 5.32. The number of ether oxygens (including phenoxy) is 1. The van der Waals surface area contributed by atoms with E-state index in [4.69, 9.17) is 9.15 Å². The van der Waals surface area contributed by atoms with Crippen molar-refractivity contribution < 1.29 is 13.9 Å². The molecule has 136 valence electrons. The Kier molecular flexibility index (Phi) is 6.08. The Labute approximate surface area is 147 Å². The van der Waals surface area contributed by atoms with E-state index >= 15 is 0 Å². The van der Waals surface area contributed by atoms with E-state index in [9.17, 15) is 4.79 Å². The predicted octanol–water partition coefficient (Wildman–Crippen LogP) is 1.16. The maximum atomic E-state index is 12.1. The summed E-state index contributed by atoms with van der Waals surface area (Å²) < 4.78 is 13.1. The number of carbonyl (C=O) groups excluding carboxylic acids is 1. The smallest absolute Gasteiger partial charge is 0.314 e. The van der Waals surface area contributed by atoms with Gasteiger partial charge in [0.25, 0.3) is 0 Å². The normalized spacial score (nSPS) is 16.5. The van der Waals surface area contributed by atoms with Gasteiger partial charge >= 0.3 is 6.03 Å². The molecule has 0 aromatic carbocycles. The number of nitrogens with zero attached hydrogens (tertiary/aromatic N) is 3. The molecule has 0 spiro atoms. The van der Waals surface area contributed by atoms with Gasteiger partial charge in [-0.25, -0.2) is 9.78 Å². The Hall–Kier alpha value is -2.32. The van der Waals surface area contributed by atoms with Gasteiger partial charge in [-0.1, -0.05) is 0 Å². The fourth-order valence-electron chi connectivity index (χ4n) is 2.90. The third-order valence-corrected chi connectivity index (χ3v) is 4.25. The highest BCUT2D eigenvalue weighted by molar-refractivity contribution is 5.73. The molecule has 0 bridgehead atoms. The maximum Gasteiger partial charge on any atom is 0.314 e. The van der Waals surface area contributed by atoms with Crippen LogP contribution in [0.25, 0.3) is 0 Å². The van der Waals surface area contributed by atoms with Crippen molar-refractivity contribution in [1.82, 2.24) is 25.1 Å². The van der Waals surface area contributed by atoms with E-state index in [0.717, 1.165) is 24.6 Å². The topological polar surface area (TPSA) is 84.6 Å². The molecule has 3 rings (SSSR count). The predicted molar refractivity (Wildman–Crippen MR) is 92.2 cm³/mol. The first-order chi connectivity index (χ1) is 12.2. The molecule has 2 N–H and O–H groups in total. The van der Waals surface area contributed by atoms with E-state index in [2.05, 4.69) is 20.5 Å². The molecule has 1 saturated heterocycles. The molecule has 8 nitrogen and oxygen atoms in total. The Balaban J connectivity index is 1.50. The zero-order chi connectivity index (χ0) is 17.5. The SMILES string of the molecule is Cc1ccc(C(CNC(=O)NCCn2ccnc2)N2CCOCC2)o1. The first-order valence-electron chi connectivity index (χ1n) is 8.58. The number of imidazole rings is 1. The van der Waals surface area contributed by atoms with E-state index in [-0.39, 0.29) is 12.1 Å². The quantitative estimate of drug-likeness (QED) is 0.785. The lowest BCUT2D eigenvalue weighted by atomic mass is 10.1. The average molecular weight is 347 g/mol. The molecule has 1 unspecified atom stereocenters. The van der Waals surface area contributed by atoms with Crippen LogP contribution in [0.3, 0.4) is 0 Å². The molecule has 3 heterocycles. The van der Waals surface area contributed by atoms with Gasteiger partial charge in [-0.3, -0.25) is 4.90 Å². The summed E-state index contributed by atoms with van der Waals surface area (Å²) in [5, 5.41) is 5.81. The molecular weight excluding hydrogens is 322 g/mol. The lowest BCUT2D eigenvalue weighted by Gasteiger charge is -2.33. The number of aromatic nitrogens is 2. The largest absolute Gasteiger partial charge is 0.465 e. The summed E-state index contributed by atoms with van der Waals surface area (Å²) >= 11 is 0. The molecule has 8 heteroatoms. The zero-order valence-electron chi connectivity index (χ0n) is 14.5. The molecule has 25 heavy (non-hydrogen) atoms. The van der Waals surface area contributed by atoms with Crippen molar-refractivity contribution >= 4 is 6.03 Å². The van der Waals surface area contributed by atoms with E-state index in [1.54, 1.807) is 12.5 Å². The highest BCUT2D eigenvalue weighted by atomic mass is 16.5. The number of nitrogens with one attached hydrogen (secondary N) is 2. The van der Waals surface area contributed by atoms with E-state index in [0.29, 0.717) is 32.8 Å². The first kappa shape index (κ1) is 17.5. The van der Waals surface area contributed by atoms with Gasteiger partial charge in [0.05, 0.1) is 25.6 Å². The number of hydrogen-bond acceptors (Lipinski definition) is 5. The third-order valence-electron chi connectivity index (χ3n) is 4.25. The van der Waals surface area contributed by atoms with E-state index in [1.807, 2.05) is 29.8 Å². The van der Waals surface area contributed by atoms with Gasteiger partial charge in [-0.15, -0.1) is 0 Å². The van der Waals surface area contributed by atoms with E-state index < -0.39 is 0 Å². The van der Waals surface area contributed by atoms with Crippen molar-refractivity contribution in [1.29, 1.82) is 0 Å². The lowest BCUT2D eigenvalue weighted by molar-refractivity contribution is 0.0121. The maximum absolute atomic E-state index is 12.1.